The minimum atomic E-state index is -4.46. The van der Waals surface area contributed by atoms with Gasteiger partial charge in [0.2, 0.25) is 0 Å². The van der Waals surface area contributed by atoms with Gasteiger partial charge in [0.15, 0.2) is 4.33 Å². The Kier molecular flexibility index (Phi) is 2.75. The predicted molar refractivity (Wildman–Crippen MR) is 49.2 cm³/mol. The van der Waals surface area contributed by atoms with E-state index < -0.39 is 25.5 Å². The summed E-state index contributed by atoms with van der Waals surface area (Å²) in [5.41, 5.74) is 0. The first-order valence-electron chi connectivity index (χ1n) is 3.18. The molecule has 0 fully saturated rings. The molecule has 1 atom stereocenters. The highest BCUT2D eigenvalue weighted by molar-refractivity contribution is 7.89. The molecule has 0 heterocycles. The standard InChI is InChI=1S/C6H6Cl2O4S/c7-6(8)3-1-2-4(5(6)9)13(10,11)12/h1-3,5,9H,(H,10,11,12). The zero-order chi connectivity index (χ0) is 10.3. The fourth-order valence-electron chi connectivity index (χ4n) is 0.870. The van der Waals surface area contributed by atoms with Gasteiger partial charge in [0.1, 0.15) is 11.0 Å². The first-order chi connectivity index (χ1) is 5.75. The lowest BCUT2D eigenvalue weighted by Gasteiger charge is -2.25. The molecule has 7 heteroatoms. The Labute approximate surface area is 85.2 Å². The zero-order valence-electron chi connectivity index (χ0n) is 6.18. The van der Waals surface area contributed by atoms with Crippen molar-refractivity contribution in [2.24, 2.45) is 0 Å². The third kappa shape index (κ3) is 2.24. The Balaban J connectivity index is 3.17. The summed E-state index contributed by atoms with van der Waals surface area (Å²) in [6, 6.07) is 0. The van der Waals surface area contributed by atoms with Crippen LogP contribution in [-0.4, -0.2) is 28.5 Å². The molecule has 2 N–H and O–H groups in total. The largest absolute Gasteiger partial charge is 0.384 e. The fraction of sp³-hybridized carbons (Fsp3) is 0.333. The summed E-state index contributed by atoms with van der Waals surface area (Å²) >= 11 is 11.1. The van der Waals surface area contributed by atoms with Crippen LogP contribution in [0.15, 0.2) is 23.1 Å². The predicted octanol–water partition coefficient (Wildman–Crippen LogP) is 0.863. The molecule has 0 spiro atoms. The number of hydrogen-bond donors (Lipinski definition) is 2. The smallest absolute Gasteiger partial charge is 0.293 e. The summed E-state index contributed by atoms with van der Waals surface area (Å²) in [5, 5.41) is 9.31. The number of hydrogen-bond acceptors (Lipinski definition) is 3. The first-order valence-corrected chi connectivity index (χ1v) is 5.37. The van der Waals surface area contributed by atoms with Crippen LogP contribution < -0.4 is 0 Å². The molecular weight excluding hydrogens is 239 g/mol. The number of aliphatic hydroxyl groups is 1. The van der Waals surface area contributed by atoms with Gasteiger partial charge in [-0.1, -0.05) is 29.3 Å². The highest BCUT2D eigenvalue weighted by Crippen LogP contribution is 2.35. The Hall–Kier alpha value is -0.0700. The molecule has 0 amide bonds. The van der Waals surface area contributed by atoms with Crippen molar-refractivity contribution in [2.75, 3.05) is 0 Å². The lowest BCUT2D eigenvalue weighted by molar-refractivity contribution is 0.210. The Morgan fingerprint density at radius 1 is 1.46 bits per heavy atom. The molecule has 0 aromatic heterocycles. The van der Waals surface area contributed by atoms with E-state index in [9.17, 15) is 13.5 Å². The highest BCUT2D eigenvalue weighted by atomic mass is 35.5. The maximum Gasteiger partial charge on any atom is 0.293 e. The van der Waals surface area contributed by atoms with Gasteiger partial charge >= 0.3 is 0 Å². The van der Waals surface area contributed by atoms with Crippen molar-refractivity contribution in [2.45, 2.75) is 10.4 Å². The molecule has 1 aliphatic rings. The van der Waals surface area contributed by atoms with Crippen LogP contribution in [-0.2, 0) is 10.1 Å². The van der Waals surface area contributed by atoms with E-state index in [1.54, 1.807) is 0 Å². The van der Waals surface area contributed by atoms with Gasteiger partial charge in [0, 0.05) is 0 Å². The maximum atomic E-state index is 10.7. The van der Waals surface area contributed by atoms with Gasteiger partial charge < -0.3 is 5.11 Å². The average molecular weight is 245 g/mol. The molecular formula is C6H6Cl2O4S. The molecule has 0 aromatic rings. The topological polar surface area (TPSA) is 74.6 Å². The summed E-state index contributed by atoms with van der Waals surface area (Å²) in [7, 11) is -4.46. The third-order valence-electron chi connectivity index (χ3n) is 1.51. The number of halogens is 2. The van der Waals surface area contributed by atoms with Crippen molar-refractivity contribution in [1.82, 2.24) is 0 Å². The van der Waals surface area contributed by atoms with Gasteiger partial charge in [-0.25, -0.2) is 0 Å². The average Bonchev–Trinajstić information content (AvgIpc) is 1.92. The first kappa shape index (κ1) is 11.0. The Bertz CT molecular complexity index is 368. The van der Waals surface area contributed by atoms with Crippen molar-refractivity contribution >= 4 is 33.3 Å². The molecule has 0 aliphatic heterocycles. The summed E-state index contributed by atoms with van der Waals surface area (Å²) in [6.07, 6.45) is 1.84. The molecule has 1 aliphatic carbocycles. The van der Waals surface area contributed by atoms with Gasteiger partial charge in [-0.2, -0.15) is 8.42 Å². The molecule has 1 unspecified atom stereocenters. The van der Waals surface area contributed by atoms with Gasteiger partial charge in [0.25, 0.3) is 10.1 Å². The van der Waals surface area contributed by atoms with E-state index in [0.717, 1.165) is 6.08 Å². The van der Waals surface area contributed by atoms with Gasteiger partial charge in [-0.05, 0) is 12.2 Å². The van der Waals surface area contributed by atoms with Crippen molar-refractivity contribution in [1.29, 1.82) is 0 Å². The molecule has 0 bridgehead atoms. The van der Waals surface area contributed by atoms with E-state index in [4.69, 9.17) is 27.8 Å². The van der Waals surface area contributed by atoms with E-state index >= 15 is 0 Å². The van der Waals surface area contributed by atoms with Crippen LogP contribution in [0.2, 0.25) is 0 Å². The molecule has 0 saturated carbocycles. The lowest BCUT2D eigenvalue weighted by Crippen LogP contribution is -2.35. The summed E-state index contributed by atoms with van der Waals surface area (Å²) in [6.45, 7) is 0. The van der Waals surface area contributed by atoms with Crippen LogP contribution in [0, 0.1) is 0 Å². The van der Waals surface area contributed by atoms with Crippen LogP contribution >= 0.6 is 23.2 Å². The van der Waals surface area contributed by atoms with Gasteiger partial charge in [0.05, 0.1) is 0 Å². The Morgan fingerprint density at radius 3 is 2.38 bits per heavy atom. The van der Waals surface area contributed by atoms with E-state index in [0.29, 0.717) is 0 Å². The number of rotatable bonds is 1. The van der Waals surface area contributed by atoms with Crippen molar-refractivity contribution in [3.63, 3.8) is 0 Å². The van der Waals surface area contributed by atoms with Crippen LogP contribution in [0.1, 0.15) is 0 Å². The minimum absolute atomic E-state index is 0.611. The zero-order valence-corrected chi connectivity index (χ0v) is 8.51. The molecule has 0 aromatic carbocycles. The summed E-state index contributed by atoms with van der Waals surface area (Å²) in [4.78, 5) is -0.611. The van der Waals surface area contributed by atoms with Crippen LogP contribution in [0.4, 0.5) is 0 Å². The van der Waals surface area contributed by atoms with E-state index in [1.165, 1.54) is 12.2 Å². The van der Waals surface area contributed by atoms with Crippen molar-refractivity contribution in [3.8, 4) is 0 Å². The quantitative estimate of drug-likeness (QED) is 0.530. The number of alkyl halides is 2. The SMILES string of the molecule is O=S(=O)(O)C1=CC=CC(Cl)(Cl)C1O. The lowest BCUT2D eigenvalue weighted by atomic mass is 10.1. The summed E-state index contributed by atoms with van der Waals surface area (Å²) in [5.74, 6) is 0. The molecule has 1 rings (SSSR count). The molecule has 4 nitrogen and oxygen atoms in total. The van der Waals surface area contributed by atoms with Crippen molar-refractivity contribution in [3.05, 3.63) is 23.1 Å². The van der Waals surface area contributed by atoms with Crippen LogP contribution in [0.25, 0.3) is 0 Å². The second-order valence-electron chi connectivity index (χ2n) is 2.48. The second kappa shape index (κ2) is 3.25. The molecule has 0 radical (unpaired) electrons. The monoisotopic (exact) mass is 244 g/mol. The maximum absolute atomic E-state index is 10.7. The van der Waals surface area contributed by atoms with Gasteiger partial charge in [-0.3, -0.25) is 4.55 Å². The minimum Gasteiger partial charge on any atom is -0.384 e. The third-order valence-corrected chi connectivity index (χ3v) is 3.13. The van der Waals surface area contributed by atoms with E-state index in [1.807, 2.05) is 0 Å². The molecule has 13 heavy (non-hydrogen) atoms. The molecule has 74 valence electrons. The van der Waals surface area contributed by atoms with Crippen LogP contribution in [0.5, 0.6) is 0 Å². The van der Waals surface area contributed by atoms with Gasteiger partial charge in [-0.15, -0.1) is 0 Å². The van der Waals surface area contributed by atoms with Crippen LogP contribution in [0.3, 0.4) is 0 Å². The molecule has 0 saturated heterocycles. The fourth-order valence-corrected chi connectivity index (χ4v) is 2.10. The number of allylic oxidation sites excluding steroid dienone is 2. The van der Waals surface area contributed by atoms with E-state index in [2.05, 4.69) is 0 Å². The summed E-state index contributed by atoms with van der Waals surface area (Å²) < 4.78 is 28.2. The normalized spacial score (nSPS) is 27.1. The Morgan fingerprint density at radius 2 is 2.00 bits per heavy atom. The van der Waals surface area contributed by atoms with Crippen molar-refractivity contribution < 1.29 is 18.1 Å². The van der Waals surface area contributed by atoms with E-state index in [-0.39, 0.29) is 0 Å². The highest BCUT2D eigenvalue weighted by Gasteiger charge is 2.39. The second-order valence-corrected chi connectivity index (χ2v) is 5.35. The number of aliphatic hydroxyl groups excluding tert-OH is 1.